The number of ether oxygens (including phenoxy) is 2. The number of Topliss-reactive ketones (excluding diaryl/α,β-unsaturated/α-hetero) is 1. The Bertz CT molecular complexity index is 499. The van der Waals surface area contributed by atoms with Crippen LogP contribution < -0.4 is 9.47 Å². The number of ketones is 1. The van der Waals surface area contributed by atoms with Crippen molar-refractivity contribution in [3.8, 4) is 11.5 Å². The standard InChI is InChI=1S/C17H24O3/c1-11(2)15(13(5)18)10-14-8-7-9-16(19-6)17(14)20-12(3)4/h7-12H,1-6H3/b15-10+. The van der Waals surface area contributed by atoms with Crippen LogP contribution in [0, 0.1) is 5.92 Å². The van der Waals surface area contributed by atoms with Gasteiger partial charge in [0.25, 0.3) is 0 Å². The zero-order chi connectivity index (χ0) is 15.3. The second-order valence-electron chi connectivity index (χ2n) is 5.36. The summed E-state index contributed by atoms with van der Waals surface area (Å²) < 4.78 is 11.2. The Balaban J connectivity index is 3.36. The molecule has 0 bridgehead atoms. The summed E-state index contributed by atoms with van der Waals surface area (Å²) >= 11 is 0. The van der Waals surface area contributed by atoms with Crippen LogP contribution in [0.3, 0.4) is 0 Å². The Hall–Kier alpha value is -1.77. The first kappa shape index (κ1) is 16.3. The molecule has 110 valence electrons. The van der Waals surface area contributed by atoms with Crippen molar-refractivity contribution in [3.05, 3.63) is 29.3 Å². The maximum absolute atomic E-state index is 11.7. The molecule has 0 N–H and O–H groups in total. The second kappa shape index (κ2) is 7.13. The molecule has 0 aromatic heterocycles. The first-order valence-electron chi connectivity index (χ1n) is 6.93. The normalized spacial score (nSPS) is 11.9. The van der Waals surface area contributed by atoms with E-state index in [2.05, 4.69) is 0 Å². The van der Waals surface area contributed by atoms with E-state index < -0.39 is 0 Å². The van der Waals surface area contributed by atoms with Crippen molar-refractivity contribution >= 4 is 11.9 Å². The van der Waals surface area contributed by atoms with Gasteiger partial charge in [-0.25, -0.2) is 0 Å². The highest BCUT2D eigenvalue weighted by molar-refractivity contribution is 5.98. The fraction of sp³-hybridized carbons (Fsp3) is 0.471. The van der Waals surface area contributed by atoms with Crippen LogP contribution >= 0.6 is 0 Å². The highest BCUT2D eigenvalue weighted by Gasteiger charge is 2.14. The van der Waals surface area contributed by atoms with Crippen molar-refractivity contribution in [2.75, 3.05) is 7.11 Å². The van der Waals surface area contributed by atoms with Crippen LogP contribution in [0.4, 0.5) is 0 Å². The molecule has 3 heteroatoms. The first-order valence-corrected chi connectivity index (χ1v) is 6.93. The van der Waals surface area contributed by atoms with E-state index in [4.69, 9.17) is 9.47 Å². The number of carbonyl (C=O) groups is 1. The van der Waals surface area contributed by atoms with Gasteiger partial charge in [-0.05, 0) is 44.4 Å². The van der Waals surface area contributed by atoms with E-state index in [1.54, 1.807) is 14.0 Å². The van der Waals surface area contributed by atoms with E-state index in [-0.39, 0.29) is 17.8 Å². The van der Waals surface area contributed by atoms with Gasteiger partial charge in [-0.2, -0.15) is 0 Å². The molecule has 3 nitrogen and oxygen atoms in total. The molecule has 0 aliphatic rings. The van der Waals surface area contributed by atoms with E-state index in [1.807, 2.05) is 52.0 Å². The molecule has 0 unspecified atom stereocenters. The Morgan fingerprint density at radius 3 is 2.30 bits per heavy atom. The molecule has 1 aromatic rings. The monoisotopic (exact) mass is 276 g/mol. The van der Waals surface area contributed by atoms with E-state index in [0.29, 0.717) is 11.5 Å². The van der Waals surface area contributed by atoms with E-state index in [1.165, 1.54) is 0 Å². The molecule has 20 heavy (non-hydrogen) atoms. The number of para-hydroxylation sites is 1. The van der Waals surface area contributed by atoms with Crippen LogP contribution in [0.2, 0.25) is 0 Å². The Kier molecular flexibility index (Phi) is 5.81. The smallest absolute Gasteiger partial charge is 0.168 e. The van der Waals surface area contributed by atoms with Crippen LogP contribution in [0.5, 0.6) is 11.5 Å². The van der Waals surface area contributed by atoms with Crippen molar-refractivity contribution < 1.29 is 14.3 Å². The Labute approximate surface area is 121 Å². The van der Waals surface area contributed by atoms with Gasteiger partial charge in [0.1, 0.15) is 0 Å². The lowest BCUT2D eigenvalue weighted by atomic mass is 9.97. The van der Waals surface area contributed by atoms with Crippen LogP contribution in [0.1, 0.15) is 40.2 Å². The molecular weight excluding hydrogens is 252 g/mol. The van der Waals surface area contributed by atoms with Gasteiger partial charge < -0.3 is 9.47 Å². The Morgan fingerprint density at radius 1 is 1.20 bits per heavy atom. The van der Waals surface area contributed by atoms with Crippen LogP contribution in [0.25, 0.3) is 6.08 Å². The maximum Gasteiger partial charge on any atom is 0.168 e. The summed E-state index contributed by atoms with van der Waals surface area (Å²) in [4.78, 5) is 11.7. The zero-order valence-electron chi connectivity index (χ0n) is 13.2. The van der Waals surface area contributed by atoms with Crippen molar-refractivity contribution in [3.63, 3.8) is 0 Å². The molecule has 0 radical (unpaired) electrons. The third-order valence-corrected chi connectivity index (χ3v) is 2.92. The quantitative estimate of drug-likeness (QED) is 0.733. The number of benzene rings is 1. The van der Waals surface area contributed by atoms with Crippen molar-refractivity contribution in [2.45, 2.75) is 40.7 Å². The molecule has 0 aliphatic carbocycles. The van der Waals surface area contributed by atoms with Crippen molar-refractivity contribution in [1.82, 2.24) is 0 Å². The fourth-order valence-electron chi connectivity index (χ4n) is 2.01. The third kappa shape index (κ3) is 4.12. The van der Waals surface area contributed by atoms with Crippen LogP contribution in [-0.2, 0) is 4.79 Å². The molecule has 0 atom stereocenters. The molecule has 0 spiro atoms. The molecule has 1 aromatic carbocycles. The lowest BCUT2D eigenvalue weighted by molar-refractivity contribution is -0.113. The topological polar surface area (TPSA) is 35.5 Å². The first-order chi connectivity index (χ1) is 9.36. The molecule has 0 saturated carbocycles. The summed E-state index contributed by atoms with van der Waals surface area (Å²) in [5.41, 5.74) is 1.66. The summed E-state index contributed by atoms with van der Waals surface area (Å²) in [6.45, 7) is 9.55. The van der Waals surface area contributed by atoms with Crippen molar-refractivity contribution in [2.24, 2.45) is 5.92 Å². The van der Waals surface area contributed by atoms with Gasteiger partial charge in [0.05, 0.1) is 13.2 Å². The molecule has 0 heterocycles. The predicted octanol–water partition coefficient (Wildman–Crippen LogP) is 4.11. The highest BCUT2D eigenvalue weighted by atomic mass is 16.5. The number of methoxy groups -OCH3 is 1. The summed E-state index contributed by atoms with van der Waals surface area (Å²) in [6.07, 6.45) is 1.94. The van der Waals surface area contributed by atoms with E-state index in [9.17, 15) is 4.79 Å². The van der Waals surface area contributed by atoms with Gasteiger partial charge in [-0.1, -0.05) is 26.0 Å². The second-order valence-corrected chi connectivity index (χ2v) is 5.36. The molecule has 1 rings (SSSR count). The lowest BCUT2D eigenvalue weighted by Gasteiger charge is -2.17. The van der Waals surface area contributed by atoms with Gasteiger partial charge in [-0.15, -0.1) is 0 Å². The lowest BCUT2D eigenvalue weighted by Crippen LogP contribution is -2.09. The molecule has 0 fully saturated rings. The highest BCUT2D eigenvalue weighted by Crippen LogP contribution is 2.34. The van der Waals surface area contributed by atoms with Gasteiger partial charge >= 0.3 is 0 Å². The SMILES string of the molecule is COc1cccc(/C=C(/C(C)=O)C(C)C)c1OC(C)C. The number of hydrogen-bond acceptors (Lipinski definition) is 3. The minimum atomic E-state index is 0.0401. The average molecular weight is 276 g/mol. The van der Waals surface area contributed by atoms with Gasteiger partial charge in [-0.3, -0.25) is 4.79 Å². The third-order valence-electron chi connectivity index (χ3n) is 2.92. The number of hydrogen-bond donors (Lipinski definition) is 0. The number of rotatable bonds is 6. The Morgan fingerprint density at radius 2 is 1.85 bits per heavy atom. The minimum Gasteiger partial charge on any atom is -0.493 e. The minimum absolute atomic E-state index is 0.0401. The summed E-state index contributed by atoms with van der Waals surface area (Å²) in [5, 5.41) is 0. The largest absolute Gasteiger partial charge is 0.493 e. The molecule has 0 saturated heterocycles. The summed E-state index contributed by atoms with van der Waals surface area (Å²) in [6, 6.07) is 5.69. The maximum atomic E-state index is 11.7. The molecular formula is C17H24O3. The van der Waals surface area contributed by atoms with Gasteiger partial charge in [0.15, 0.2) is 17.3 Å². The van der Waals surface area contributed by atoms with E-state index in [0.717, 1.165) is 11.1 Å². The van der Waals surface area contributed by atoms with Crippen LogP contribution in [-0.4, -0.2) is 19.0 Å². The summed E-state index contributed by atoms with van der Waals surface area (Å²) in [5.74, 6) is 1.62. The van der Waals surface area contributed by atoms with Crippen LogP contribution in [0.15, 0.2) is 23.8 Å². The van der Waals surface area contributed by atoms with E-state index >= 15 is 0 Å². The van der Waals surface area contributed by atoms with Crippen molar-refractivity contribution in [1.29, 1.82) is 0 Å². The van der Waals surface area contributed by atoms with Gasteiger partial charge in [0.2, 0.25) is 0 Å². The molecule has 0 amide bonds. The summed E-state index contributed by atoms with van der Waals surface area (Å²) in [7, 11) is 1.62. The number of carbonyl (C=O) groups excluding carboxylic acids is 1. The predicted molar refractivity (Wildman–Crippen MR) is 82.3 cm³/mol. The van der Waals surface area contributed by atoms with Gasteiger partial charge in [0, 0.05) is 5.56 Å². The zero-order valence-corrected chi connectivity index (χ0v) is 13.2. The number of allylic oxidation sites excluding steroid dienone is 1. The fourth-order valence-corrected chi connectivity index (χ4v) is 2.01. The average Bonchev–Trinajstić information content (AvgIpc) is 2.35. The molecule has 0 aliphatic heterocycles.